The van der Waals surface area contributed by atoms with E-state index in [1.807, 2.05) is 31.2 Å². The van der Waals surface area contributed by atoms with Crippen molar-refractivity contribution in [3.63, 3.8) is 0 Å². The highest BCUT2D eigenvalue weighted by Gasteiger charge is 2.28. The van der Waals surface area contributed by atoms with Crippen LogP contribution in [0.25, 0.3) is 11.1 Å². The largest absolute Gasteiger partial charge is 0.478 e. The molecule has 5 heteroatoms. The predicted octanol–water partition coefficient (Wildman–Crippen LogP) is 4.77. The summed E-state index contributed by atoms with van der Waals surface area (Å²) in [5.74, 6) is -0.932. The molecule has 0 aromatic heterocycles. The number of hydrogen-bond acceptors (Lipinski definition) is 3. The number of aryl methyl sites for hydroxylation is 1. The van der Waals surface area contributed by atoms with Crippen LogP contribution in [-0.2, 0) is 11.2 Å². The smallest absolute Gasteiger partial charge is 0.407 e. The van der Waals surface area contributed by atoms with Crippen molar-refractivity contribution in [2.75, 3.05) is 13.2 Å². The quantitative estimate of drug-likeness (QED) is 0.624. The number of carboxylic acids is 1. The second kappa shape index (κ2) is 8.41. The number of rotatable bonds is 6. The van der Waals surface area contributed by atoms with Crippen LogP contribution in [0.4, 0.5) is 4.79 Å². The number of fused-ring (bicyclic) bond motifs is 3. The first-order valence-electron chi connectivity index (χ1n) is 9.96. The summed E-state index contributed by atoms with van der Waals surface area (Å²) in [5, 5.41) is 11.9. The molecule has 2 N–H and O–H groups in total. The summed E-state index contributed by atoms with van der Waals surface area (Å²) in [6.07, 6.45) is 0.0702. The lowest BCUT2D eigenvalue weighted by Gasteiger charge is -2.15. The maximum Gasteiger partial charge on any atom is 0.407 e. The molecule has 0 unspecified atom stereocenters. The number of ether oxygens (including phenoxy) is 1. The summed E-state index contributed by atoms with van der Waals surface area (Å²) in [4.78, 5) is 23.4. The van der Waals surface area contributed by atoms with E-state index < -0.39 is 12.1 Å². The van der Waals surface area contributed by atoms with Gasteiger partial charge in [-0.3, -0.25) is 0 Å². The molecular formula is C25H23NO4. The van der Waals surface area contributed by atoms with Crippen molar-refractivity contribution < 1.29 is 19.4 Å². The van der Waals surface area contributed by atoms with E-state index in [1.165, 1.54) is 22.3 Å². The summed E-state index contributed by atoms with van der Waals surface area (Å²) in [6.45, 7) is 2.57. The summed E-state index contributed by atoms with van der Waals surface area (Å²) >= 11 is 0. The first kappa shape index (κ1) is 19.7. The Morgan fingerprint density at radius 2 is 1.60 bits per heavy atom. The van der Waals surface area contributed by atoms with Crippen LogP contribution in [0.5, 0.6) is 0 Å². The Bertz CT molecular complexity index is 1060. The SMILES string of the molecule is Cc1ccc(C(=O)O)cc1CCNC(=O)OCC1c2ccccc2-c2ccccc21. The maximum absolute atomic E-state index is 12.2. The van der Waals surface area contributed by atoms with Gasteiger partial charge in [-0.15, -0.1) is 0 Å². The highest BCUT2D eigenvalue weighted by Crippen LogP contribution is 2.44. The minimum Gasteiger partial charge on any atom is -0.478 e. The van der Waals surface area contributed by atoms with Crippen molar-refractivity contribution in [1.82, 2.24) is 5.32 Å². The first-order valence-corrected chi connectivity index (χ1v) is 9.96. The minimum absolute atomic E-state index is 0.0256. The van der Waals surface area contributed by atoms with E-state index in [0.29, 0.717) is 13.0 Å². The van der Waals surface area contributed by atoms with E-state index in [2.05, 4.69) is 29.6 Å². The third kappa shape index (κ3) is 3.92. The summed E-state index contributed by atoms with van der Waals surface area (Å²) in [6, 6.07) is 21.4. The monoisotopic (exact) mass is 401 g/mol. The second-order valence-electron chi connectivity index (χ2n) is 7.45. The number of hydrogen-bond donors (Lipinski definition) is 2. The number of carboxylic acid groups (broad SMARTS) is 1. The third-order valence-electron chi connectivity index (χ3n) is 5.60. The van der Waals surface area contributed by atoms with Gasteiger partial charge in [-0.05, 0) is 58.9 Å². The molecule has 0 atom stereocenters. The summed E-state index contributed by atoms with van der Waals surface area (Å²) in [7, 11) is 0. The van der Waals surface area contributed by atoms with Crippen LogP contribution < -0.4 is 5.32 Å². The Morgan fingerprint density at radius 1 is 0.967 bits per heavy atom. The van der Waals surface area contributed by atoms with Crippen LogP contribution in [0, 0.1) is 6.92 Å². The fraction of sp³-hybridized carbons (Fsp3) is 0.200. The van der Waals surface area contributed by atoms with Crippen LogP contribution in [0.2, 0.25) is 0 Å². The van der Waals surface area contributed by atoms with Crippen molar-refractivity contribution in [2.24, 2.45) is 0 Å². The molecular weight excluding hydrogens is 378 g/mol. The molecule has 0 bridgehead atoms. The highest BCUT2D eigenvalue weighted by atomic mass is 16.5. The predicted molar refractivity (Wildman–Crippen MR) is 115 cm³/mol. The van der Waals surface area contributed by atoms with Crippen molar-refractivity contribution in [3.8, 4) is 11.1 Å². The molecule has 1 amide bonds. The van der Waals surface area contributed by atoms with Gasteiger partial charge in [0.05, 0.1) is 5.56 Å². The molecule has 0 spiro atoms. The molecule has 3 aromatic carbocycles. The number of nitrogens with one attached hydrogen (secondary N) is 1. The number of amides is 1. The average molecular weight is 401 g/mol. The zero-order valence-electron chi connectivity index (χ0n) is 16.7. The van der Waals surface area contributed by atoms with Crippen molar-refractivity contribution >= 4 is 12.1 Å². The van der Waals surface area contributed by atoms with Crippen LogP contribution in [-0.4, -0.2) is 30.3 Å². The zero-order valence-corrected chi connectivity index (χ0v) is 16.7. The van der Waals surface area contributed by atoms with E-state index in [-0.39, 0.29) is 18.1 Å². The van der Waals surface area contributed by atoms with Gasteiger partial charge in [-0.1, -0.05) is 54.6 Å². The van der Waals surface area contributed by atoms with Gasteiger partial charge in [0.15, 0.2) is 0 Å². The van der Waals surface area contributed by atoms with E-state index in [0.717, 1.165) is 11.1 Å². The molecule has 1 aliphatic carbocycles. The van der Waals surface area contributed by atoms with Crippen molar-refractivity contribution in [2.45, 2.75) is 19.3 Å². The molecule has 4 rings (SSSR count). The lowest BCUT2D eigenvalue weighted by atomic mass is 9.98. The molecule has 0 fully saturated rings. The number of benzene rings is 3. The fourth-order valence-electron chi connectivity index (χ4n) is 4.02. The van der Waals surface area contributed by atoms with Crippen LogP contribution in [0.3, 0.4) is 0 Å². The molecule has 0 heterocycles. The Balaban J connectivity index is 1.35. The molecule has 1 aliphatic rings. The van der Waals surface area contributed by atoms with E-state index in [4.69, 9.17) is 9.84 Å². The number of aromatic carboxylic acids is 1. The van der Waals surface area contributed by atoms with Gasteiger partial charge in [0, 0.05) is 12.5 Å². The van der Waals surface area contributed by atoms with Crippen molar-refractivity contribution in [3.05, 3.63) is 94.5 Å². The number of carbonyl (C=O) groups excluding carboxylic acids is 1. The second-order valence-corrected chi connectivity index (χ2v) is 7.45. The average Bonchev–Trinajstić information content (AvgIpc) is 3.07. The minimum atomic E-state index is -0.958. The highest BCUT2D eigenvalue weighted by molar-refractivity contribution is 5.88. The molecule has 30 heavy (non-hydrogen) atoms. The lowest BCUT2D eigenvalue weighted by molar-refractivity contribution is 0.0696. The van der Waals surface area contributed by atoms with Crippen LogP contribution in [0.15, 0.2) is 66.7 Å². The number of carbonyl (C=O) groups is 2. The van der Waals surface area contributed by atoms with Gasteiger partial charge in [0.1, 0.15) is 6.61 Å². The Kier molecular flexibility index (Phi) is 5.53. The van der Waals surface area contributed by atoms with E-state index in [1.54, 1.807) is 18.2 Å². The molecule has 0 saturated heterocycles. The van der Waals surface area contributed by atoms with E-state index in [9.17, 15) is 9.59 Å². The molecule has 152 valence electrons. The van der Waals surface area contributed by atoms with Gasteiger partial charge < -0.3 is 15.2 Å². The topological polar surface area (TPSA) is 75.6 Å². The molecule has 0 radical (unpaired) electrons. The third-order valence-corrected chi connectivity index (χ3v) is 5.60. The Morgan fingerprint density at radius 3 is 2.23 bits per heavy atom. The summed E-state index contributed by atoms with van der Waals surface area (Å²) < 4.78 is 5.53. The van der Waals surface area contributed by atoms with Gasteiger partial charge in [-0.2, -0.15) is 0 Å². The zero-order chi connectivity index (χ0) is 21.1. The van der Waals surface area contributed by atoms with Crippen LogP contribution >= 0.6 is 0 Å². The lowest BCUT2D eigenvalue weighted by Crippen LogP contribution is -2.28. The van der Waals surface area contributed by atoms with Gasteiger partial charge >= 0.3 is 12.1 Å². The number of alkyl carbamates (subject to hydrolysis) is 1. The summed E-state index contributed by atoms with van der Waals surface area (Å²) in [5.41, 5.74) is 6.87. The molecule has 5 nitrogen and oxygen atoms in total. The van der Waals surface area contributed by atoms with E-state index >= 15 is 0 Å². The van der Waals surface area contributed by atoms with Crippen LogP contribution in [0.1, 0.15) is 38.5 Å². The first-order chi connectivity index (χ1) is 14.5. The molecule has 3 aromatic rings. The Labute approximate surface area is 175 Å². The van der Waals surface area contributed by atoms with Gasteiger partial charge in [0.2, 0.25) is 0 Å². The molecule has 0 aliphatic heterocycles. The fourth-order valence-corrected chi connectivity index (χ4v) is 4.02. The normalized spacial score (nSPS) is 12.2. The maximum atomic E-state index is 12.2. The standard InChI is InChI=1S/C25H23NO4/c1-16-10-11-18(24(27)28)14-17(16)12-13-26-25(29)30-15-23-21-8-4-2-6-19(21)20-7-3-5-9-22(20)23/h2-11,14,23H,12-13,15H2,1H3,(H,26,29)(H,27,28). The van der Waals surface area contributed by atoms with Gasteiger partial charge in [0.25, 0.3) is 0 Å². The van der Waals surface area contributed by atoms with Gasteiger partial charge in [-0.25, -0.2) is 9.59 Å². The van der Waals surface area contributed by atoms with Crippen molar-refractivity contribution in [1.29, 1.82) is 0 Å². The Hall–Kier alpha value is -3.60. The molecule has 0 saturated carbocycles.